The molecule has 1 unspecified atom stereocenters. The van der Waals surface area contributed by atoms with Crippen LogP contribution in [0.3, 0.4) is 0 Å². The van der Waals surface area contributed by atoms with Gasteiger partial charge in [0.15, 0.2) is 5.69 Å². The summed E-state index contributed by atoms with van der Waals surface area (Å²) in [6, 6.07) is 17.5. The number of para-hydroxylation sites is 1. The van der Waals surface area contributed by atoms with Gasteiger partial charge in [-0.3, -0.25) is 19.8 Å². The van der Waals surface area contributed by atoms with Crippen LogP contribution in [0.2, 0.25) is 0 Å². The van der Waals surface area contributed by atoms with Crippen LogP contribution < -0.4 is 15.4 Å². The average molecular weight is 509 g/mol. The first-order valence-corrected chi connectivity index (χ1v) is 12.6. The van der Waals surface area contributed by atoms with Gasteiger partial charge in [-0.1, -0.05) is 30.3 Å². The van der Waals surface area contributed by atoms with E-state index in [4.69, 9.17) is 9.47 Å². The van der Waals surface area contributed by atoms with Gasteiger partial charge in [0.25, 0.3) is 5.91 Å². The minimum Gasteiger partial charge on any atom is -0.456 e. The van der Waals surface area contributed by atoms with Crippen molar-refractivity contribution in [2.75, 3.05) is 32.8 Å². The number of hydrogen-bond donors (Lipinski definition) is 3. The monoisotopic (exact) mass is 508 g/mol. The number of carbonyl (C=O) groups excluding carboxylic acids is 1. The van der Waals surface area contributed by atoms with E-state index in [1.165, 1.54) is 0 Å². The lowest BCUT2D eigenvalue weighted by Crippen LogP contribution is -2.44. The summed E-state index contributed by atoms with van der Waals surface area (Å²) in [5.41, 5.74) is 3.58. The Morgan fingerprint density at radius 2 is 1.92 bits per heavy atom. The van der Waals surface area contributed by atoms with E-state index in [0.29, 0.717) is 17.1 Å². The molecule has 0 saturated carbocycles. The van der Waals surface area contributed by atoms with Gasteiger partial charge in [-0.15, -0.1) is 0 Å². The minimum atomic E-state index is -0.281. The molecule has 9 nitrogen and oxygen atoms in total. The summed E-state index contributed by atoms with van der Waals surface area (Å²) in [5.74, 6) is 1.09. The second-order valence-corrected chi connectivity index (χ2v) is 9.26. The fourth-order valence-electron chi connectivity index (χ4n) is 4.59. The average Bonchev–Trinajstić information content (AvgIpc) is 3.39. The third-order valence-electron chi connectivity index (χ3n) is 6.58. The standard InChI is InChI=1S/C29H28N6O3/c36-29(32-22-7-8-23(31-17-22)19-35-10-12-37-13-11-35)28-26-15-20(6-9-27(26)33-34-28)21-14-25(18-30-16-21)38-24-4-2-1-3-5-24/h1-9,14-18,23,31H,10-13,19H2,(H,32,36)(H,33,34). The van der Waals surface area contributed by atoms with Gasteiger partial charge in [-0.05, 0) is 42.0 Å². The molecule has 0 bridgehead atoms. The second kappa shape index (κ2) is 10.9. The number of dihydropyridines is 1. The van der Waals surface area contributed by atoms with Crippen LogP contribution >= 0.6 is 0 Å². The summed E-state index contributed by atoms with van der Waals surface area (Å²) in [6.07, 6.45) is 9.30. The molecule has 0 aliphatic carbocycles. The maximum absolute atomic E-state index is 13.1. The Kier molecular flexibility index (Phi) is 6.84. The van der Waals surface area contributed by atoms with Gasteiger partial charge in [0.2, 0.25) is 0 Å². The van der Waals surface area contributed by atoms with Gasteiger partial charge < -0.3 is 20.1 Å². The second-order valence-electron chi connectivity index (χ2n) is 9.26. The molecule has 38 heavy (non-hydrogen) atoms. The first kappa shape index (κ1) is 23.9. The highest BCUT2D eigenvalue weighted by atomic mass is 16.5. The number of rotatable bonds is 7. The van der Waals surface area contributed by atoms with Crippen molar-refractivity contribution in [3.8, 4) is 22.6 Å². The molecule has 0 radical (unpaired) electrons. The largest absolute Gasteiger partial charge is 0.456 e. The highest BCUT2D eigenvalue weighted by molar-refractivity contribution is 6.06. The van der Waals surface area contributed by atoms with Crippen molar-refractivity contribution < 1.29 is 14.3 Å². The molecule has 192 valence electrons. The molecule has 2 aromatic heterocycles. The van der Waals surface area contributed by atoms with Crippen molar-refractivity contribution >= 4 is 16.8 Å². The molecule has 1 saturated heterocycles. The van der Waals surface area contributed by atoms with Crippen LogP contribution in [0, 0.1) is 0 Å². The van der Waals surface area contributed by atoms with Gasteiger partial charge in [-0.2, -0.15) is 5.10 Å². The highest BCUT2D eigenvalue weighted by Gasteiger charge is 2.19. The molecule has 1 atom stereocenters. The third-order valence-corrected chi connectivity index (χ3v) is 6.58. The van der Waals surface area contributed by atoms with Crippen molar-refractivity contribution in [2.45, 2.75) is 6.04 Å². The molecule has 3 N–H and O–H groups in total. The number of nitrogens with one attached hydrogen (secondary N) is 3. The molecule has 0 spiro atoms. The van der Waals surface area contributed by atoms with E-state index < -0.39 is 0 Å². The Morgan fingerprint density at radius 3 is 2.74 bits per heavy atom. The van der Waals surface area contributed by atoms with Crippen LogP contribution in [-0.2, 0) is 4.74 Å². The SMILES string of the molecule is O=C(NC1=CNC(CN2CCOCC2)C=C1)c1n[nH]c2ccc(-c3cncc(Oc4ccccc4)c3)cc12. The zero-order valence-electron chi connectivity index (χ0n) is 20.8. The van der Waals surface area contributed by atoms with Gasteiger partial charge in [-0.25, -0.2) is 0 Å². The van der Waals surface area contributed by atoms with E-state index in [-0.39, 0.29) is 11.9 Å². The highest BCUT2D eigenvalue weighted by Crippen LogP contribution is 2.29. The Balaban J connectivity index is 1.15. The lowest BCUT2D eigenvalue weighted by Gasteiger charge is -2.30. The fourth-order valence-corrected chi connectivity index (χ4v) is 4.59. The molecule has 2 aliphatic rings. The first-order valence-electron chi connectivity index (χ1n) is 12.6. The lowest BCUT2D eigenvalue weighted by atomic mass is 10.0. The van der Waals surface area contributed by atoms with E-state index in [2.05, 4.69) is 36.8 Å². The van der Waals surface area contributed by atoms with Crippen molar-refractivity contribution in [3.05, 3.63) is 96.7 Å². The van der Waals surface area contributed by atoms with E-state index in [9.17, 15) is 4.79 Å². The molecule has 2 aliphatic heterocycles. The third kappa shape index (κ3) is 5.44. The summed E-state index contributed by atoms with van der Waals surface area (Å²) in [6.45, 7) is 4.32. The molecule has 4 heterocycles. The molecular formula is C29H28N6O3. The number of pyridine rings is 1. The van der Waals surface area contributed by atoms with E-state index >= 15 is 0 Å². The zero-order valence-corrected chi connectivity index (χ0v) is 20.8. The van der Waals surface area contributed by atoms with Crippen LogP contribution in [0.5, 0.6) is 11.5 Å². The van der Waals surface area contributed by atoms with Gasteiger partial charge in [0.05, 0.1) is 36.7 Å². The summed E-state index contributed by atoms with van der Waals surface area (Å²) in [5, 5.41) is 14.3. The Bertz CT molecular complexity index is 1490. The minimum absolute atomic E-state index is 0.192. The molecule has 9 heteroatoms. The molecule has 4 aromatic rings. The summed E-state index contributed by atoms with van der Waals surface area (Å²) in [4.78, 5) is 19.9. The number of hydrogen-bond acceptors (Lipinski definition) is 7. The topological polar surface area (TPSA) is 104 Å². The predicted octanol–water partition coefficient (Wildman–Crippen LogP) is 3.85. The van der Waals surface area contributed by atoms with Gasteiger partial charge in [0, 0.05) is 43.0 Å². The molecule has 1 fully saturated rings. The van der Waals surface area contributed by atoms with E-state index in [1.807, 2.05) is 66.9 Å². The number of aromatic amines is 1. The molecule has 6 rings (SSSR count). The summed E-state index contributed by atoms with van der Waals surface area (Å²) in [7, 11) is 0. The van der Waals surface area contributed by atoms with Crippen LogP contribution in [0.4, 0.5) is 0 Å². The number of aromatic nitrogens is 3. The molecule has 1 amide bonds. The van der Waals surface area contributed by atoms with Crippen molar-refractivity contribution in [1.82, 2.24) is 30.7 Å². The molecular weight excluding hydrogens is 480 g/mol. The Labute approximate surface area is 220 Å². The fraction of sp³-hybridized carbons (Fsp3) is 0.207. The number of nitrogens with zero attached hydrogens (tertiary/aromatic N) is 3. The maximum atomic E-state index is 13.1. The number of ether oxygens (including phenoxy) is 2. The van der Waals surface area contributed by atoms with Crippen molar-refractivity contribution in [2.24, 2.45) is 0 Å². The quantitative estimate of drug-likeness (QED) is 0.348. The normalized spacial score (nSPS) is 17.6. The number of carbonyl (C=O) groups is 1. The van der Waals surface area contributed by atoms with Crippen LogP contribution in [0.1, 0.15) is 10.5 Å². The molecule has 2 aromatic carbocycles. The number of H-pyrrole nitrogens is 1. The zero-order chi connectivity index (χ0) is 25.7. The Morgan fingerprint density at radius 1 is 1.05 bits per heavy atom. The van der Waals surface area contributed by atoms with Crippen LogP contribution in [-0.4, -0.2) is 64.9 Å². The van der Waals surface area contributed by atoms with Crippen molar-refractivity contribution in [3.63, 3.8) is 0 Å². The maximum Gasteiger partial charge on any atom is 0.276 e. The van der Waals surface area contributed by atoms with Crippen LogP contribution in [0.25, 0.3) is 22.0 Å². The summed E-state index contributed by atoms with van der Waals surface area (Å²) >= 11 is 0. The van der Waals surface area contributed by atoms with Gasteiger partial charge >= 0.3 is 0 Å². The van der Waals surface area contributed by atoms with Crippen LogP contribution in [0.15, 0.2) is 91.0 Å². The summed E-state index contributed by atoms with van der Waals surface area (Å²) < 4.78 is 11.4. The number of morpholine rings is 1. The smallest absolute Gasteiger partial charge is 0.276 e. The van der Waals surface area contributed by atoms with Crippen molar-refractivity contribution in [1.29, 1.82) is 0 Å². The lowest BCUT2D eigenvalue weighted by molar-refractivity contribution is 0.0360. The van der Waals surface area contributed by atoms with E-state index in [0.717, 1.165) is 60.6 Å². The predicted molar refractivity (Wildman–Crippen MR) is 145 cm³/mol. The number of amides is 1. The first-order chi connectivity index (χ1) is 18.7. The number of benzene rings is 2. The van der Waals surface area contributed by atoms with Gasteiger partial charge in [0.1, 0.15) is 11.5 Å². The van der Waals surface area contributed by atoms with E-state index in [1.54, 1.807) is 12.4 Å². The Hall–Kier alpha value is -4.47. The number of allylic oxidation sites excluding steroid dienone is 1. The number of fused-ring (bicyclic) bond motifs is 1.